The van der Waals surface area contributed by atoms with Crippen molar-refractivity contribution in [1.82, 2.24) is 24.6 Å². The second-order valence-electron chi connectivity index (χ2n) is 6.76. The molecule has 25 heavy (non-hydrogen) atoms. The molecule has 0 amide bonds. The second kappa shape index (κ2) is 5.88. The molecule has 6 nitrogen and oxygen atoms in total. The van der Waals surface area contributed by atoms with Gasteiger partial charge >= 0.3 is 0 Å². The quantitative estimate of drug-likeness (QED) is 0.594. The van der Waals surface area contributed by atoms with Crippen LogP contribution in [0.4, 0.5) is 5.82 Å². The van der Waals surface area contributed by atoms with E-state index in [2.05, 4.69) is 43.1 Å². The highest BCUT2D eigenvalue weighted by Crippen LogP contribution is 2.32. The fourth-order valence-corrected chi connectivity index (χ4v) is 3.77. The van der Waals surface area contributed by atoms with Gasteiger partial charge in [-0.3, -0.25) is 14.5 Å². The van der Waals surface area contributed by atoms with Crippen molar-refractivity contribution in [2.75, 3.05) is 5.32 Å². The van der Waals surface area contributed by atoms with Gasteiger partial charge in [0.1, 0.15) is 11.5 Å². The summed E-state index contributed by atoms with van der Waals surface area (Å²) in [6.45, 7) is 0. The Morgan fingerprint density at radius 3 is 2.96 bits per heavy atom. The van der Waals surface area contributed by atoms with Gasteiger partial charge in [0.25, 0.3) is 0 Å². The minimum atomic E-state index is 0.511. The number of aromatic amines is 1. The summed E-state index contributed by atoms with van der Waals surface area (Å²) in [5, 5.41) is 12.0. The zero-order valence-electron chi connectivity index (χ0n) is 13.9. The van der Waals surface area contributed by atoms with Gasteiger partial charge < -0.3 is 5.32 Å². The lowest BCUT2D eigenvalue weighted by Crippen LogP contribution is -2.23. The molecule has 1 aliphatic rings. The van der Waals surface area contributed by atoms with Crippen LogP contribution in [-0.4, -0.2) is 30.6 Å². The summed E-state index contributed by atoms with van der Waals surface area (Å²) >= 11 is 0. The van der Waals surface area contributed by atoms with Crippen molar-refractivity contribution < 1.29 is 0 Å². The number of aromatic nitrogens is 5. The third-order valence-electron chi connectivity index (χ3n) is 5.09. The number of benzene rings is 1. The summed E-state index contributed by atoms with van der Waals surface area (Å²) in [6.07, 6.45) is 13.8. The van der Waals surface area contributed by atoms with Gasteiger partial charge in [-0.2, -0.15) is 5.10 Å². The van der Waals surface area contributed by atoms with Crippen molar-refractivity contribution in [3.05, 3.63) is 43.0 Å². The highest BCUT2D eigenvalue weighted by molar-refractivity contribution is 5.86. The standard InChI is InChI=1S/C19H20N6/c1-2-4-15(5-3-1)22-19-18(23-17-12-20-8-9-25(17)19)13-6-7-14-11-21-24-16(14)10-13/h6-12,15,22H,1-5H2,(H,21,24). The summed E-state index contributed by atoms with van der Waals surface area (Å²) in [5.41, 5.74) is 3.94. The van der Waals surface area contributed by atoms with Crippen molar-refractivity contribution in [3.8, 4) is 11.3 Å². The summed E-state index contributed by atoms with van der Waals surface area (Å²) in [5.74, 6) is 1.06. The van der Waals surface area contributed by atoms with Gasteiger partial charge in [-0.1, -0.05) is 31.4 Å². The Kier molecular flexibility index (Phi) is 3.40. The molecule has 0 spiro atoms. The molecule has 1 fully saturated rings. The SMILES string of the molecule is c1cn2c(NC3CCCCC3)c(-c3ccc4cn[nH]c4c3)nc2cn1. The lowest BCUT2D eigenvalue weighted by Gasteiger charge is -2.24. The first-order valence-corrected chi connectivity index (χ1v) is 8.90. The number of hydrogen-bond donors (Lipinski definition) is 2. The van der Waals surface area contributed by atoms with Gasteiger partial charge in [0.2, 0.25) is 0 Å². The van der Waals surface area contributed by atoms with Crippen LogP contribution >= 0.6 is 0 Å². The Morgan fingerprint density at radius 1 is 1.12 bits per heavy atom. The van der Waals surface area contributed by atoms with Crippen molar-refractivity contribution in [1.29, 1.82) is 0 Å². The molecule has 0 saturated heterocycles. The maximum absolute atomic E-state index is 4.84. The Balaban J connectivity index is 1.64. The van der Waals surface area contributed by atoms with Crippen LogP contribution in [0.3, 0.4) is 0 Å². The van der Waals surface area contributed by atoms with E-state index in [4.69, 9.17) is 4.98 Å². The van der Waals surface area contributed by atoms with Gasteiger partial charge in [0.15, 0.2) is 5.65 Å². The van der Waals surface area contributed by atoms with E-state index in [0.717, 1.165) is 33.6 Å². The van der Waals surface area contributed by atoms with E-state index in [0.29, 0.717) is 6.04 Å². The lowest BCUT2D eigenvalue weighted by atomic mass is 9.95. The molecule has 0 bridgehead atoms. The molecule has 0 unspecified atom stereocenters. The molecule has 5 rings (SSSR count). The maximum Gasteiger partial charge on any atom is 0.157 e. The Hall–Kier alpha value is -2.89. The molecule has 3 aromatic heterocycles. The molecular formula is C19H20N6. The highest BCUT2D eigenvalue weighted by atomic mass is 15.2. The third-order valence-corrected chi connectivity index (χ3v) is 5.09. The minimum absolute atomic E-state index is 0.511. The fraction of sp³-hybridized carbons (Fsp3) is 0.316. The van der Waals surface area contributed by atoms with Gasteiger partial charge in [-0.25, -0.2) is 4.98 Å². The van der Waals surface area contributed by atoms with Crippen LogP contribution < -0.4 is 5.32 Å². The number of anilines is 1. The molecule has 4 aromatic rings. The monoisotopic (exact) mass is 332 g/mol. The number of imidazole rings is 1. The largest absolute Gasteiger partial charge is 0.367 e. The molecule has 0 radical (unpaired) electrons. The average Bonchev–Trinajstić information content (AvgIpc) is 3.27. The van der Waals surface area contributed by atoms with Crippen molar-refractivity contribution in [3.63, 3.8) is 0 Å². The van der Waals surface area contributed by atoms with Crippen LogP contribution in [0.25, 0.3) is 27.8 Å². The van der Waals surface area contributed by atoms with Crippen LogP contribution in [-0.2, 0) is 0 Å². The van der Waals surface area contributed by atoms with E-state index >= 15 is 0 Å². The molecule has 1 aromatic carbocycles. The van der Waals surface area contributed by atoms with Crippen molar-refractivity contribution in [2.45, 2.75) is 38.1 Å². The number of H-pyrrole nitrogens is 1. The van der Waals surface area contributed by atoms with Crippen LogP contribution in [0.15, 0.2) is 43.0 Å². The van der Waals surface area contributed by atoms with Crippen molar-refractivity contribution in [2.24, 2.45) is 0 Å². The van der Waals surface area contributed by atoms with E-state index < -0.39 is 0 Å². The predicted molar refractivity (Wildman–Crippen MR) is 98.6 cm³/mol. The summed E-state index contributed by atoms with van der Waals surface area (Å²) < 4.78 is 2.11. The first-order chi connectivity index (χ1) is 12.4. The highest BCUT2D eigenvalue weighted by Gasteiger charge is 2.19. The number of nitrogens with zero attached hydrogens (tertiary/aromatic N) is 4. The first-order valence-electron chi connectivity index (χ1n) is 8.90. The van der Waals surface area contributed by atoms with E-state index in [1.54, 1.807) is 0 Å². The van der Waals surface area contributed by atoms with E-state index in [9.17, 15) is 0 Å². The first kappa shape index (κ1) is 14.5. The number of fused-ring (bicyclic) bond motifs is 2. The lowest BCUT2D eigenvalue weighted by molar-refractivity contribution is 0.461. The average molecular weight is 332 g/mol. The second-order valence-corrected chi connectivity index (χ2v) is 6.76. The maximum atomic E-state index is 4.84. The Labute approximate surface area is 145 Å². The normalized spacial score (nSPS) is 15.8. The summed E-state index contributed by atoms with van der Waals surface area (Å²) in [4.78, 5) is 9.07. The minimum Gasteiger partial charge on any atom is -0.367 e. The number of rotatable bonds is 3. The molecule has 1 saturated carbocycles. The number of nitrogens with one attached hydrogen (secondary N) is 2. The molecule has 2 N–H and O–H groups in total. The molecule has 3 heterocycles. The molecule has 0 atom stereocenters. The number of hydrogen-bond acceptors (Lipinski definition) is 4. The topological polar surface area (TPSA) is 70.9 Å². The van der Waals surface area contributed by atoms with Gasteiger partial charge in [0, 0.05) is 29.4 Å². The van der Waals surface area contributed by atoms with Crippen LogP contribution in [0.5, 0.6) is 0 Å². The van der Waals surface area contributed by atoms with E-state index in [1.165, 1.54) is 32.1 Å². The molecule has 6 heteroatoms. The smallest absolute Gasteiger partial charge is 0.157 e. The molecule has 126 valence electrons. The zero-order chi connectivity index (χ0) is 16.6. The third kappa shape index (κ3) is 2.54. The van der Waals surface area contributed by atoms with Gasteiger partial charge in [-0.15, -0.1) is 0 Å². The van der Waals surface area contributed by atoms with E-state index in [-0.39, 0.29) is 0 Å². The van der Waals surface area contributed by atoms with Crippen LogP contribution in [0, 0.1) is 0 Å². The van der Waals surface area contributed by atoms with E-state index in [1.807, 2.05) is 24.8 Å². The van der Waals surface area contributed by atoms with Crippen LogP contribution in [0.2, 0.25) is 0 Å². The van der Waals surface area contributed by atoms with Gasteiger partial charge in [-0.05, 0) is 18.9 Å². The summed E-state index contributed by atoms with van der Waals surface area (Å²) in [6, 6.07) is 6.82. The molecule has 1 aliphatic carbocycles. The fourth-order valence-electron chi connectivity index (χ4n) is 3.77. The van der Waals surface area contributed by atoms with Gasteiger partial charge in [0.05, 0.1) is 17.9 Å². The zero-order valence-corrected chi connectivity index (χ0v) is 13.9. The molecular weight excluding hydrogens is 312 g/mol. The summed E-state index contributed by atoms with van der Waals surface area (Å²) in [7, 11) is 0. The Morgan fingerprint density at radius 2 is 2.04 bits per heavy atom. The van der Waals surface area contributed by atoms with Crippen molar-refractivity contribution >= 4 is 22.4 Å². The predicted octanol–water partition coefficient (Wildman–Crippen LogP) is 4.02. The molecule has 0 aliphatic heterocycles. The Bertz CT molecular complexity index is 1020. The van der Waals surface area contributed by atoms with Crippen LogP contribution in [0.1, 0.15) is 32.1 Å².